The minimum atomic E-state index is -0.535. The predicted octanol–water partition coefficient (Wildman–Crippen LogP) is 6.38. The summed E-state index contributed by atoms with van der Waals surface area (Å²) in [6.45, 7) is 7.69. The number of aliphatic hydroxyl groups excluding tert-OH is 1. The highest BCUT2D eigenvalue weighted by molar-refractivity contribution is 4.92. The standard InChI is InChI=1S/C24H44O3/c1-3-5-6-7-8-9-10-11-12-13-14-15-16-17-18-19-21-27-23-24(25)22-26-20-4-2/h4,9-10,12-13,24-25H,2-3,5-8,11,14-23H2,1H3/b10-9-,13-12+/t24-/m1/s1. The van der Waals surface area contributed by atoms with Crippen molar-refractivity contribution in [3.63, 3.8) is 0 Å². The maximum Gasteiger partial charge on any atom is 0.101 e. The molecule has 0 radical (unpaired) electrons. The smallest absolute Gasteiger partial charge is 0.101 e. The third-order valence-corrected chi connectivity index (χ3v) is 4.35. The number of hydrogen-bond donors (Lipinski definition) is 1. The van der Waals surface area contributed by atoms with E-state index in [1.165, 1.54) is 64.2 Å². The third-order valence-electron chi connectivity index (χ3n) is 4.35. The zero-order chi connectivity index (χ0) is 19.8. The molecule has 0 spiro atoms. The van der Waals surface area contributed by atoms with Gasteiger partial charge in [0, 0.05) is 6.61 Å². The number of aliphatic hydroxyl groups is 1. The van der Waals surface area contributed by atoms with Gasteiger partial charge < -0.3 is 14.6 Å². The van der Waals surface area contributed by atoms with Crippen molar-refractivity contribution in [2.24, 2.45) is 0 Å². The van der Waals surface area contributed by atoms with E-state index in [-0.39, 0.29) is 0 Å². The maximum absolute atomic E-state index is 9.62. The molecular weight excluding hydrogens is 336 g/mol. The second-order valence-electron chi connectivity index (χ2n) is 7.14. The van der Waals surface area contributed by atoms with E-state index in [0.29, 0.717) is 19.8 Å². The van der Waals surface area contributed by atoms with Crippen LogP contribution in [-0.4, -0.2) is 37.6 Å². The second-order valence-corrected chi connectivity index (χ2v) is 7.14. The molecule has 27 heavy (non-hydrogen) atoms. The van der Waals surface area contributed by atoms with Crippen molar-refractivity contribution < 1.29 is 14.6 Å². The van der Waals surface area contributed by atoms with Crippen LogP contribution in [0.2, 0.25) is 0 Å². The quantitative estimate of drug-likeness (QED) is 0.185. The SMILES string of the molecule is C=CCOC[C@@H](O)COCCCCCCC/C=C/C/C=C\CCCCCC. The molecule has 0 heterocycles. The number of ether oxygens (including phenoxy) is 2. The molecule has 3 nitrogen and oxygen atoms in total. The van der Waals surface area contributed by atoms with Crippen LogP contribution in [0.15, 0.2) is 37.0 Å². The molecule has 0 rings (SSSR count). The Morgan fingerprint density at radius 1 is 0.778 bits per heavy atom. The molecule has 0 aliphatic heterocycles. The van der Waals surface area contributed by atoms with E-state index in [1.54, 1.807) is 6.08 Å². The Kier molecular flexibility index (Phi) is 22.4. The average Bonchev–Trinajstić information content (AvgIpc) is 2.67. The molecule has 0 fully saturated rings. The Bertz CT molecular complexity index is 350. The summed E-state index contributed by atoms with van der Waals surface area (Å²) < 4.78 is 10.6. The molecule has 1 atom stereocenters. The number of unbranched alkanes of at least 4 members (excludes halogenated alkanes) is 9. The fourth-order valence-corrected chi connectivity index (χ4v) is 2.75. The van der Waals surface area contributed by atoms with E-state index < -0.39 is 6.10 Å². The summed E-state index contributed by atoms with van der Waals surface area (Å²) >= 11 is 0. The zero-order valence-electron chi connectivity index (χ0n) is 17.7. The van der Waals surface area contributed by atoms with Crippen molar-refractivity contribution in [2.45, 2.75) is 90.1 Å². The first-order valence-electron chi connectivity index (χ1n) is 11.1. The lowest BCUT2D eigenvalue weighted by Gasteiger charge is -2.10. The van der Waals surface area contributed by atoms with Gasteiger partial charge >= 0.3 is 0 Å². The summed E-state index contributed by atoms with van der Waals surface area (Å²) in [6, 6.07) is 0. The van der Waals surface area contributed by atoms with Gasteiger partial charge in [0.1, 0.15) is 6.10 Å². The number of allylic oxidation sites excluding steroid dienone is 4. The van der Waals surface area contributed by atoms with Gasteiger partial charge in [0.25, 0.3) is 0 Å². The topological polar surface area (TPSA) is 38.7 Å². The molecule has 0 bridgehead atoms. The van der Waals surface area contributed by atoms with Gasteiger partial charge in [-0.05, 0) is 38.5 Å². The van der Waals surface area contributed by atoms with E-state index in [4.69, 9.17) is 9.47 Å². The predicted molar refractivity (Wildman–Crippen MR) is 117 cm³/mol. The van der Waals surface area contributed by atoms with Gasteiger partial charge in [-0.25, -0.2) is 0 Å². The minimum absolute atomic E-state index is 0.314. The van der Waals surface area contributed by atoms with Crippen LogP contribution in [0.5, 0.6) is 0 Å². The summed E-state index contributed by atoms with van der Waals surface area (Å²) in [4.78, 5) is 0. The first-order valence-corrected chi connectivity index (χ1v) is 11.1. The monoisotopic (exact) mass is 380 g/mol. The molecule has 0 saturated heterocycles. The average molecular weight is 381 g/mol. The van der Waals surface area contributed by atoms with E-state index in [9.17, 15) is 5.11 Å². The molecule has 0 saturated carbocycles. The van der Waals surface area contributed by atoms with Crippen LogP contribution in [0.3, 0.4) is 0 Å². The van der Waals surface area contributed by atoms with E-state index in [2.05, 4.69) is 37.8 Å². The zero-order valence-corrected chi connectivity index (χ0v) is 17.7. The summed E-state index contributed by atoms with van der Waals surface area (Å²) in [7, 11) is 0. The fourth-order valence-electron chi connectivity index (χ4n) is 2.75. The van der Waals surface area contributed by atoms with Crippen molar-refractivity contribution in [2.75, 3.05) is 26.4 Å². The summed E-state index contributed by atoms with van der Waals surface area (Å²) in [6.07, 6.45) is 25.4. The molecule has 0 unspecified atom stereocenters. The van der Waals surface area contributed by atoms with Crippen LogP contribution in [0.1, 0.15) is 84.0 Å². The Hall–Kier alpha value is -0.900. The second kappa shape index (κ2) is 23.1. The Labute approximate surface area is 168 Å². The Balaban J connectivity index is 3.21. The van der Waals surface area contributed by atoms with E-state index in [1.807, 2.05) is 0 Å². The van der Waals surface area contributed by atoms with Crippen molar-refractivity contribution in [1.29, 1.82) is 0 Å². The molecule has 0 aromatic heterocycles. The highest BCUT2D eigenvalue weighted by Crippen LogP contribution is 2.07. The minimum Gasteiger partial charge on any atom is -0.388 e. The molecule has 3 heteroatoms. The molecule has 158 valence electrons. The van der Waals surface area contributed by atoms with E-state index in [0.717, 1.165) is 19.4 Å². The van der Waals surface area contributed by atoms with Crippen LogP contribution in [0, 0.1) is 0 Å². The summed E-state index contributed by atoms with van der Waals surface area (Å²) in [5.74, 6) is 0. The first kappa shape index (κ1) is 26.1. The Morgan fingerprint density at radius 2 is 1.37 bits per heavy atom. The van der Waals surface area contributed by atoms with Gasteiger partial charge in [0.05, 0.1) is 19.8 Å². The third kappa shape index (κ3) is 23.1. The van der Waals surface area contributed by atoms with Gasteiger partial charge in [-0.15, -0.1) is 6.58 Å². The van der Waals surface area contributed by atoms with Gasteiger partial charge in [-0.3, -0.25) is 0 Å². The summed E-state index contributed by atoms with van der Waals surface area (Å²) in [5, 5.41) is 9.62. The first-order chi connectivity index (χ1) is 13.3. The fraction of sp³-hybridized carbons (Fsp3) is 0.750. The van der Waals surface area contributed by atoms with Crippen LogP contribution in [0.4, 0.5) is 0 Å². The van der Waals surface area contributed by atoms with E-state index >= 15 is 0 Å². The van der Waals surface area contributed by atoms with Gasteiger partial charge in [0.2, 0.25) is 0 Å². The largest absolute Gasteiger partial charge is 0.388 e. The molecule has 1 N–H and O–H groups in total. The van der Waals surface area contributed by atoms with Crippen molar-refractivity contribution in [3.8, 4) is 0 Å². The van der Waals surface area contributed by atoms with Crippen LogP contribution in [-0.2, 0) is 9.47 Å². The number of rotatable bonds is 21. The highest BCUT2D eigenvalue weighted by Gasteiger charge is 2.03. The van der Waals surface area contributed by atoms with Crippen LogP contribution in [0.25, 0.3) is 0 Å². The lowest BCUT2D eigenvalue weighted by molar-refractivity contribution is -0.0136. The van der Waals surface area contributed by atoms with Gasteiger partial charge in [-0.2, -0.15) is 0 Å². The summed E-state index contributed by atoms with van der Waals surface area (Å²) in [5.41, 5.74) is 0. The van der Waals surface area contributed by atoms with Crippen molar-refractivity contribution in [3.05, 3.63) is 37.0 Å². The lowest BCUT2D eigenvalue weighted by Crippen LogP contribution is -2.22. The Morgan fingerprint density at radius 3 is 2.04 bits per heavy atom. The molecular formula is C24H44O3. The molecule has 0 aliphatic rings. The van der Waals surface area contributed by atoms with Gasteiger partial charge in [0.15, 0.2) is 0 Å². The highest BCUT2D eigenvalue weighted by atomic mass is 16.5. The molecule has 0 aromatic carbocycles. The van der Waals surface area contributed by atoms with Crippen LogP contribution >= 0.6 is 0 Å². The molecule has 0 aliphatic carbocycles. The van der Waals surface area contributed by atoms with Gasteiger partial charge in [-0.1, -0.05) is 75.8 Å². The lowest BCUT2D eigenvalue weighted by atomic mass is 10.1. The van der Waals surface area contributed by atoms with Crippen LogP contribution < -0.4 is 0 Å². The molecule has 0 aromatic rings. The maximum atomic E-state index is 9.62. The van der Waals surface area contributed by atoms with Crippen molar-refractivity contribution in [1.82, 2.24) is 0 Å². The van der Waals surface area contributed by atoms with Crippen molar-refractivity contribution >= 4 is 0 Å². The number of hydrogen-bond acceptors (Lipinski definition) is 3. The normalized spacial score (nSPS) is 13.0. The molecule has 0 amide bonds.